The molecule has 0 aromatic heterocycles. The molecule has 2 spiro atoms. The number of ketones is 1. The molecule has 5 heterocycles. The third kappa shape index (κ3) is 9.10. The minimum atomic E-state index is -1.05. The molecule has 0 amide bonds. The molecule has 5 rings (SSSR count). The van der Waals surface area contributed by atoms with E-state index in [1.807, 2.05) is 55.4 Å². The molecule has 11 heteroatoms. The summed E-state index contributed by atoms with van der Waals surface area (Å²) in [5.74, 6) is -4.78. The van der Waals surface area contributed by atoms with Crippen LogP contribution in [-0.4, -0.2) is 99.7 Å². The van der Waals surface area contributed by atoms with E-state index in [1.165, 1.54) is 0 Å². The Kier molecular flexibility index (Phi) is 16.1. The topological polar surface area (TPSA) is 150 Å². The summed E-state index contributed by atoms with van der Waals surface area (Å²) in [6.45, 7) is 24.1. The van der Waals surface area contributed by atoms with Crippen LogP contribution < -0.4 is 0 Å². The van der Waals surface area contributed by atoms with Crippen molar-refractivity contribution in [2.75, 3.05) is 7.11 Å². The van der Waals surface area contributed by atoms with Gasteiger partial charge in [-0.3, -0.25) is 9.59 Å². The first-order valence-electron chi connectivity index (χ1n) is 22.4. The molecule has 2 unspecified atom stereocenters. The molecular formula is C45H80O11. The Labute approximate surface area is 338 Å². The first kappa shape index (κ1) is 47.5. The number of aliphatic hydroxyl groups is 2. The Morgan fingerprint density at radius 3 is 2.05 bits per heavy atom. The molecule has 18 atom stereocenters. The van der Waals surface area contributed by atoms with E-state index in [0.29, 0.717) is 64.2 Å². The smallest absolute Gasteiger partial charge is 0.309 e. The van der Waals surface area contributed by atoms with E-state index in [9.17, 15) is 24.9 Å². The minimum Gasteiger partial charge on any atom is -0.481 e. The largest absolute Gasteiger partial charge is 0.481 e. The monoisotopic (exact) mass is 797 g/mol. The Bertz CT molecular complexity index is 1300. The van der Waals surface area contributed by atoms with E-state index in [0.717, 1.165) is 12.8 Å². The van der Waals surface area contributed by atoms with Gasteiger partial charge in [-0.2, -0.15) is 0 Å². The third-order valence-electron chi connectivity index (χ3n) is 15.1. The molecular weight excluding hydrogens is 716 g/mol. The van der Waals surface area contributed by atoms with Crippen LogP contribution in [0.5, 0.6) is 0 Å². The van der Waals surface area contributed by atoms with Gasteiger partial charge in [0.1, 0.15) is 11.9 Å². The molecule has 0 aliphatic carbocycles. The fourth-order valence-corrected chi connectivity index (χ4v) is 11.2. The van der Waals surface area contributed by atoms with Crippen molar-refractivity contribution in [1.82, 2.24) is 0 Å². The van der Waals surface area contributed by atoms with Gasteiger partial charge in [0.05, 0.1) is 53.7 Å². The molecule has 0 aromatic rings. The SMILES string of the molecule is CC.CC[C@@H](C(=O)[C@@H](C)[C@@H](O)[C@H](C)[C@@H]1O[C@@H]([C@@H](CC)C(=O)O)CC[C@@H]1C)[C@H]1O[C@]2(CCC(OC)C3(CC[C@@](C)([C@H]4CC[C@](O)(CC)[C@H](C)O4)O3)O2)[C@H](C)C[C@@H]1C. The van der Waals surface area contributed by atoms with E-state index in [1.54, 1.807) is 7.11 Å². The molecule has 0 aromatic carbocycles. The summed E-state index contributed by atoms with van der Waals surface area (Å²) in [7, 11) is 1.70. The summed E-state index contributed by atoms with van der Waals surface area (Å²) in [6.07, 6.45) is 4.92. The molecule has 5 saturated heterocycles. The quantitative estimate of drug-likeness (QED) is 0.166. The van der Waals surface area contributed by atoms with Crippen LogP contribution in [0, 0.1) is 41.4 Å². The minimum absolute atomic E-state index is 0.0315. The highest BCUT2D eigenvalue weighted by Crippen LogP contribution is 2.56. The van der Waals surface area contributed by atoms with Crippen molar-refractivity contribution < 1.29 is 53.3 Å². The molecule has 5 aliphatic rings. The van der Waals surface area contributed by atoms with Crippen LogP contribution in [-0.2, 0) is 38.0 Å². The van der Waals surface area contributed by atoms with Crippen molar-refractivity contribution in [1.29, 1.82) is 0 Å². The number of ether oxygens (including phenoxy) is 6. The molecule has 0 bridgehead atoms. The van der Waals surface area contributed by atoms with Gasteiger partial charge in [-0.15, -0.1) is 0 Å². The van der Waals surface area contributed by atoms with Gasteiger partial charge in [0, 0.05) is 43.6 Å². The average Bonchev–Trinajstić information content (AvgIpc) is 3.52. The predicted octanol–water partition coefficient (Wildman–Crippen LogP) is 8.09. The van der Waals surface area contributed by atoms with Crippen molar-refractivity contribution in [2.45, 2.75) is 226 Å². The van der Waals surface area contributed by atoms with E-state index in [2.05, 4.69) is 27.7 Å². The molecule has 326 valence electrons. The normalized spacial score (nSPS) is 44.3. The van der Waals surface area contributed by atoms with E-state index >= 15 is 0 Å². The fraction of sp³-hybridized carbons (Fsp3) is 0.956. The van der Waals surface area contributed by atoms with Gasteiger partial charge in [-0.25, -0.2) is 0 Å². The lowest BCUT2D eigenvalue weighted by atomic mass is 9.72. The fourth-order valence-electron chi connectivity index (χ4n) is 11.2. The van der Waals surface area contributed by atoms with Crippen molar-refractivity contribution >= 4 is 11.8 Å². The maximum Gasteiger partial charge on any atom is 0.309 e. The summed E-state index contributed by atoms with van der Waals surface area (Å²) in [6, 6.07) is 0. The van der Waals surface area contributed by atoms with Gasteiger partial charge in [-0.1, -0.05) is 69.2 Å². The molecule has 11 nitrogen and oxygen atoms in total. The Hall–Kier alpha value is -1.18. The van der Waals surface area contributed by atoms with Gasteiger partial charge in [-0.05, 0) is 89.9 Å². The summed E-state index contributed by atoms with van der Waals surface area (Å²) in [5.41, 5.74) is -1.48. The Balaban J connectivity index is 0.00000342. The van der Waals surface area contributed by atoms with Gasteiger partial charge < -0.3 is 43.7 Å². The zero-order valence-electron chi connectivity index (χ0n) is 37.2. The van der Waals surface area contributed by atoms with Crippen molar-refractivity contribution in [3.63, 3.8) is 0 Å². The zero-order valence-corrected chi connectivity index (χ0v) is 37.2. The second-order valence-electron chi connectivity index (χ2n) is 18.5. The average molecular weight is 797 g/mol. The van der Waals surface area contributed by atoms with Gasteiger partial charge in [0.2, 0.25) is 0 Å². The number of aliphatic hydroxyl groups excluding tert-OH is 1. The standard InChI is InChI=1S/C43H74O11.C2H6/c1-12-30(39(46)47)32-16-15-24(4)37(51-32)28(8)35(44)27(7)36(45)31(13-2)38-25(5)23-26(6)42(52-38)20-18-34(49-11)43(54-42)22-21-40(10,53-43)33-17-19-41(48,14-3)29(9)50-33;1-2/h24-35,37-38,44,48H,12-23H2,1-11H3,(H,46,47);1-2H3/t24-,25-,26+,27-,28-,29-,30+,31-,32+,33+,34?,35+,37+,38-,40-,41+,42-,43?;/m0./s1. The molecule has 0 radical (unpaired) electrons. The first-order valence-corrected chi connectivity index (χ1v) is 22.4. The number of hydrogen-bond donors (Lipinski definition) is 3. The number of carboxylic acids is 1. The van der Waals surface area contributed by atoms with Crippen LogP contribution in [0.1, 0.15) is 160 Å². The number of carbonyl (C=O) groups is 2. The van der Waals surface area contributed by atoms with Crippen molar-refractivity contribution in [3.8, 4) is 0 Å². The molecule has 5 aliphatic heterocycles. The first-order chi connectivity index (χ1) is 26.3. The zero-order chi connectivity index (χ0) is 42.0. The second kappa shape index (κ2) is 19.0. The Morgan fingerprint density at radius 1 is 0.821 bits per heavy atom. The number of methoxy groups -OCH3 is 1. The van der Waals surface area contributed by atoms with Gasteiger partial charge in [0.25, 0.3) is 0 Å². The highest BCUT2D eigenvalue weighted by atomic mass is 16.8. The highest BCUT2D eigenvalue weighted by molar-refractivity contribution is 5.84. The van der Waals surface area contributed by atoms with E-state index in [-0.39, 0.29) is 53.9 Å². The van der Waals surface area contributed by atoms with Crippen LogP contribution in [0.15, 0.2) is 0 Å². The van der Waals surface area contributed by atoms with E-state index in [4.69, 9.17) is 28.4 Å². The van der Waals surface area contributed by atoms with Gasteiger partial charge >= 0.3 is 5.97 Å². The second-order valence-corrected chi connectivity index (χ2v) is 18.5. The number of carbonyl (C=O) groups excluding carboxylic acids is 1. The van der Waals surface area contributed by atoms with Crippen LogP contribution >= 0.6 is 0 Å². The molecule has 3 N–H and O–H groups in total. The van der Waals surface area contributed by atoms with Crippen LogP contribution in [0.2, 0.25) is 0 Å². The van der Waals surface area contributed by atoms with Crippen LogP contribution in [0.3, 0.4) is 0 Å². The Morgan fingerprint density at radius 2 is 1.48 bits per heavy atom. The highest BCUT2D eigenvalue weighted by Gasteiger charge is 2.65. The lowest BCUT2D eigenvalue weighted by molar-refractivity contribution is -0.443. The lowest BCUT2D eigenvalue weighted by Gasteiger charge is -2.57. The maximum atomic E-state index is 14.5. The number of hydrogen-bond acceptors (Lipinski definition) is 10. The summed E-state index contributed by atoms with van der Waals surface area (Å²) < 4.78 is 40.4. The summed E-state index contributed by atoms with van der Waals surface area (Å²) >= 11 is 0. The maximum absolute atomic E-state index is 14.5. The van der Waals surface area contributed by atoms with Crippen LogP contribution in [0.25, 0.3) is 0 Å². The number of Topliss-reactive ketones (excluding diaryl/α,β-unsaturated/α-hetero) is 1. The van der Waals surface area contributed by atoms with Gasteiger partial charge in [0.15, 0.2) is 11.6 Å². The van der Waals surface area contributed by atoms with Crippen molar-refractivity contribution in [2.24, 2.45) is 41.4 Å². The number of aliphatic carboxylic acids is 1. The lowest BCUT2D eigenvalue weighted by Crippen LogP contribution is -2.65. The number of carboxylic acid groups (broad SMARTS) is 1. The third-order valence-corrected chi connectivity index (χ3v) is 15.1. The number of rotatable bonds is 13. The van der Waals surface area contributed by atoms with Crippen molar-refractivity contribution in [3.05, 3.63) is 0 Å². The molecule has 0 saturated carbocycles. The summed E-state index contributed by atoms with van der Waals surface area (Å²) in [5, 5.41) is 32.7. The van der Waals surface area contributed by atoms with Crippen LogP contribution in [0.4, 0.5) is 0 Å². The summed E-state index contributed by atoms with van der Waals surface area (Å²) in [4.78, 5) is 26.5. The molecule has 56 heavy (non-hydrogen) atoms. The van der Waals surface area contributed by atoms with E-state index < -0.39 is 64.8 Å². The predicted molar refractivity (Wildman–Crippen MR) is 215 cm³/mol. The molecule has 5 fully saturated rings.